The largest absolute Gasteiger partial charge is 0.425 e. The highest BCUT2D eigenvalue weighted by atomic mass is 16.5. The lowest BCUT2D eigenvalue weighted by atomic mass is 9.79. The molecule has 116 valence electrons. The van der Waals surface area contributed by atoms with Crippen LogP contribution in [-0.4, -0.2) is 21.7 Å². The van der Waals surface area contributed by atoms with Crippen molar-refractivity contribution >= 4 is 5.57 Å². The number of pyridine rings is 1. The van der Waals surface area contributed by atoms with Crippen molar-refractivity contribution in [2.24, 2.45) is 5.41 Å². The normalized spacial score (nSPS) is 16.5. The molecule has 0 bridgehead atoms. The van der Waals surface area contributed by atoms with E-state index < -0.39 is 0 Å². The van der Waals surface area contributed by atoms with Crippen LogP contribution in [0.3, 0.4) is 0 Å². The Morgan fingerprint density at radius 2 is 1.86 bits per heavy atom. The molecular weight excluding hydrogens is 266 g/mol. The molecule has 1 aliphatic carbocycles. The first-order chi connectivity index (χ1) is 9.71. The molecule has 0 aromatic carbocycles. The fourth-order valence-electron chi connectivity index (χ4n) is 2.48. The predicted molar refractivity (Wildman–Crippen MR) is 85.5 cm³/mol. The smallest absolute Gasteiger partial charge is 0.283 e. The number of hydrogen-bond acceptors (Lipinski definition) is 3. The number of allylic oxidation sites excluding steroid dienone is 4. The van der Waals surface area contributed by atoms with E-state index in [0.29, 0.717) is 5.69 Å². The average Bonchev–Trinajstić information content (AvgIpc) is 2.34. The summed E-state index contributed by atoms with van der Waals surface area (Å²) in [6.07, 6.45) is 5.06. The van der Waals surface area contributed by atoms with Gasteiger partial charge in [-0.05, 0) is 44.2 Å². The highest BCUT2D eigenvalue weighted by Gasteiger charge is 2.22. The number of aliphatic hydroxyl groups excluding tert-OH is 1. The molecule has 2 rings (SSSR count). The Balaban J connectivity index is 0.000000677. The minimum absolute atomic E-state index is 0.137. The summed E-state index contributed by atoms with van der Waals surface area (Å²) in [6.45, 7) is 10.2. The molecule has 1 aromatic heterocycles. The standard InChI is InChI=1S/C15H19NO2.C2H6O/c1-10-7-13(16(18)14(17)8-10)12-5-6-15(3,4)9-11(12)2;1-2-3/h5-8,18H,9H2,1-4H3;3H,2H2,1H3. The van der Waals surface area contributed by atoms with Gasteiger partial charge in [-0.1, -0.05) is 31.6 Å². The van der Waals surface area contributed by atoms with Crippen LogP contribution in [0.2, 0.25) is 0 Å². The first-order valence-electron chi connectivity index (χ1n) is 7.15. The van der Waals surface area contributed by atoms with Crippen LogP contribution in [0.15, 0.2) is 34.7 Å². The van der Waals surface area contributed by atoms with Gasteiger partial charge in [0, 0.05) is 18.2 Å². The Morgan fingerprint density at radius 3 is 2.38 bits per heavy atom. The van der Waals surface area contributed by atoms with Crippen LogP contribution in [0.4, 0.5) is 0 Å². The third kappa shape index (κ3) is 4.33. The van der Waals surface area contributed by atoms with Gasteiger partial charge in [-0.2, -0.15) is 0 Å². The summed E-state index contributed by atoms with van der Waals surface area (Å²) < 4.78 is 0.731. The molecule has 0 radical (unpaired) electrons. The van der Waals surface area contributed by atoms with Crippen molar-refractivity contribution in [3.8, 4) is 0 Å². The van der Waals surface area contributed by atoms with Gasteiger partial charge in [0.25, 0.3) is 5.56 Å². The summed E-state index contributed by atoms with van der Waals surface area (Å²) in [5.41, 5.74) is 3.32. The summed E-state index contributed by atoms with van der Waals surface area (Å²) in [5.74, 6) is 0. The van der Waals surface area contributed by atoms with E-state index in [1.54, 1.807) is 6.92 Å². The maximum absolute atomic E-state index is 11.6. The lowest BCUT2D eigenvalue weighted by molar-refractivity contribution is 0.172. The summed E-state index contributed by atoms with van der Waals surface area (Å²) >= 11 is 0. The van der Waals surface area contributed by atoms with Crippen LogP contribution in [0.25, 0.3) is 5.57 Å². The molecule has 1 aromatic rings. The number of aryl methyl sites for hydroxylation is 1. The zero-order valence-corrected chi connectivity index (χ0v) is 13.5. The van der Waals surface area contributed by atoms with E-state index in [1.165, 1.54) is 11.6 Å². The number of aliphatic hydroxyl groups is 1. The van der Waals surface area contributed by atoms with E-state index in [4.69, 9.17) is 5.11 Å². The van der Waals surface area contributed by atoms with Gasteiger partial charge in [-0.3, -0.25) is 4.79 Å². The van der Waals surface area contributed by atoms with Crippen LogP contribution in [0, 0.1) is 12.3 Å². The summed E-state index contributed by atoms with van der Waals surface area (Å²) in [6, 6.07) is 3.26. The second-order valence-corrected chi connectivity index (χ2v) is 6.08. The van der Waals surface area contributed by atoms with Crippen LogP contribution in [0.5, 0.6) is 0 Å². The number of nitrogens with zero attached hydrogens (tertiary/aromatic N) is 1. The average molecular weight is 291 g/mol. The number of hydrogen-bond donors (Lipinski definition) is 2. The number of aromatic nitrogens is 1. The molecule has 0 atom stereocenters. The van der Waals surface area contributed by atoms with E-state index in [2.05, 4.69) is 19.9 Å². The van der Waals surface area contributed by atoms with E-state index in [9.17, 15) is 10.0 Å². The van der Waals surface area contributed by atoms with E-state index >= 15 is 0 Å². The monoisotopic (exact) mass is 291 g/mol. The van der Waals surface area contributed by atoms with Crippen LogP contribution >= 0.6 is 0 Å². The molecule has 0 saturated carbocycles. The Bertz CT molecular complexity index is 621. The predicted octanol–water partition coefficient (Wildman–Crippen LogP) is 3.15. The molecule has 21 heavy (non-hydrogen) atoms. The van der Waals surface area contributed by atoms with E-state index in [0.717, 1.165) is 22.3 Å². The lowest BCUT2D eigenvalue weighted by Gasteiger charge is -2.27. The van der Waals surface area contributed by atoms with Crippen molar-refractivity contribution in [1.29, 1.82) is 0 Å². The van der Waals surface area contributed by atoms with Crippen LogP contribution < -0.4 is 5.56 Å². The molecular formula is C17H25NO3. The SMILES string of the molecule is CC1=C(c2cc(C)cc(=O)n2O)C=CC(C)(C)C1.CCO. The van der Waals surface area contributed by atoms with E-state index in [1.807, 2.05) is 26.0 Å². The minimum Gasteiger partial charge on any atom is -0.425 e. The second-order valence-electron chi connectivity index (χ2n) is 6.08. The van der Waals surface area contributed by atoms with Gasteiger partial charge in [0.1, 0.15) is 0 Å². The van der Waals surface area contributed by atoms with Gasteiger partial charge in [0.15, 0.2) is 0 Å². The van der Waals surface area contributed by atoms with Gasteiger partial charge in [0.05, 0.1) is 5.69 Å². The molecule has 1 heterocycles. The van der Waals surface area contributed by atoms with Gasteiger partial charge in [-0.15, -0.1) is 4.73 Å². The first kappa shape index (κ1) is 17.2. The van der Waals surface area contributed by atoms with Crippen molar-refractivity contribution in [1.82, 2.24) is 4.73 Å². The van der Waals surface area contributed by atoms with Crippen molar-refractivity contribution in [2.45, 2.75) is 41.0 Å². The molecule has 0 spiro atoms. The topological polar surface area (TPSA) is 62.5 Å². The van der Waals surface area contributed by atoms with Crippen molar-refractivity contribution in [3.05, 3.63) is 51.5 Å². The Kier molecular flexibility index (Phi) is 5.55. The molecule has 2 N–H and O–H groups in total. The Labute approximate surface area is 126 Å². The maximum atomic E-state index is 11.6. The molecule has 0 amide bonds. The van der Waals surface area contributed by atoms with Gasteiger partial charge >= 0.3 is 0 Å². The molecule has 1 aliphatic rings. The van der Waals surface area contributed by atoms with Gasteiger partial charge in [-0.25, -0.2) is 0 Å². The molecule has 0 aliphatic heterocycles. The van der Waals surface area contributed by atoms with E-state index in [-0.39, 0.29) is 17.6 Å². The van der Waals surface area contributed by atoms with Gasteiger partial charge in [0.2, 0.25) is 0 Å². The molecule has 0 unspecified atom stereocenters. The number of rotatable bonds is 1. The highest BCUT2D eigenvalue weighted by Crippen LogP contribution is 2.36. The van der Waals surface area contributed by atoms with Crippen LogP contribution in [0.1, 0.15) is 45.4 Å². The molecule has 0 saturated heterocycles. The Morgan fingerprint density at radius 1 is 1.29 bits per heavy atom. The van der Waals surface area contributed by atoms with Crippen molar-refractivity contribution in [3.63, 3.8) is 0 Å². The van der Waals surface area contributed by atoms with Crippen molar-refractivity contribution < 1.29 is 10.3 Å². The summed E-state index contributed by atoms with van der Waals surface area (Å²) in [7, 11) is 0. The quantitative estimate of drug-likeness (QED) is 0.781. The zero-order chi connectivity index (χ0) is 16.2. The third-order valence-electron chi connectivity index (χ3n) is 3.31. The molecule has 4 nitrogen and oxygen atoms in total. The fraction of sp³-hybridized carbons (Fsp3) is 0.471. The Hall–Kier alpha value is -1.81. The fourth-order valence-corrected chi connectivity index (χ4v) is 2.48. The molecule has 0 fully saturated rings. The molecule has 4 heteroatoms. The minimum atomic E-state index is -0.386. The van der Waals surface area contributed by atoms with Crippen molar-refractivity contribution in [2.75, 3.05) is 6.61 Å². The summed E-state index contributed by atoms with van der Waals surface area (Å²) in [4.78, 5) is 11.6. The first-order valence-corrected chi connectivity index (χ1v) is 7.15. The second kappa shape index (κ2) is 6.76. The third-order valence-corrected chi connectivity index (χ3v) is 3.31. The zero-order valence-electron chi connectivity index (χ0n) is 13.5. The maximum Gasteiger partial charge on any atom is 0.283 e. The summed E-state index contributed by atoms with van der Waals surface area (Å²) in [5, 5.41) is 17.4. The van der Waals surface area contributed by atoms with Gasteiger partial charge < -0.3 is 10.3 Å². The lowest BCUT2D eigenvalue weighted by Crippen LogP contribution is -2.22. The van der Waals surface area contributed by atoms with Crippen LogP contribution in [-0.2, 0) is 0 Å². The highest BCUT2D eigenvalue weighted by molar-refractivity contribution is 5.76.